The lowest BCUT2D eigenvalue weighted by Crippen LogP contribution is -2.44. The second kappa shape index (κ2) is 9.49. The summed E-state index contributed by atoms with van der Waals surface area (Å²) in [5, 5.41) is 3.01. The number of carbonyl (C=O) groups excluding carboxylic acids is 1. The zero-order valence-corrected chi connectivity index (χ0v) is 17.9. The topological polar surface area (TPSA) is 54.0 Å². The Labute approximate surface area is 178 Å². The summed E-state index contributed by atoms with van der Waals surface area (Å²) in [6.45, 7) is 7.70. The molecular formula is C24H31N3O3. The van der Waals surface area contributed by atoms with Crippen molar-refractivity contribution in [2.45, 2.75) is 25.9 Å². The minimum absolute atomic E-state index is 0.118. The highest BCUT2D eigenvalue weighted by atomic mass is 16.5. The van der Waals surface area contributed by atoms with E-state index in [1.165, 1.54) is 11.3 Å². The second-order valence-electron chi connectivity index (χ2n) is 8.22. The van der Waals surface area contributed by atoms with Gasteiger partial charge in [-0.2, -0.15) is 0 Å². The monoisotopic (exact) mass is 409 g/mol. The molecule has 2 heterocycles. The molecule has 160 valence electrons. The molecule has 2 aliphatic heterocycles. The molecule has 0 bridgehead atoms. The molecule has 1 amide bonds. The third kappa shape index (κ3) is 5.12. The molecule has 4 rings (SSSR count). The highest BCUT2D eigenvalue weighted by Gasteiger charge is 2.17. The average Bonchev–Trinajstić information content (AvgIpc) is 3.27. The van der Waals surface area contributed by atoms with E-state index < -0.39 is 0 Å². The predicted molar refractivity (Wildman–Crippen MR) is 120 cm³/mol. The number of hydrogen-bond acceptors (Lipinski definition) is 5. The molecule has 2 aromatic rings. The molecule has 0 radical (unpaired) electrons. The highest BCUT2D eigenvalue weighted by Crippen LogP contribution is 2.25. The Balaban J connectivity index is 1.33. The van der Waals surface area contributed by atoms with Gasteiger partial charge in [-0.25, -0.2) is 0 Å². The molecule has 30 heavy (non-hydrogen) atoms. The zero-order chi connectivity index (χ0) is 20.9. The van der Waals surface area contributed by atoms with Crippen molar-refractivity contribution in [3.63, 3.8) is 0 Å². The minimum atomic E-state index is -0.118. The van der Waals surface area contributed by atoms with Crippen molar-refractivity contribution in [1.82, 2.24) is 4.90 Å². The number of benzene rings is 2. The van der Waals surface area contributed by atoms with Gasteiger partial charge in [0.05, 0.1) is 6.10 Å². The van der Waals surface area contributed by atoms with Crippen molar-refractivity contribution in [3.05, 3.63) is 53.6 Å². The van der Waals surface area contributed by atoms with Gasteiger partial charge >= 0.3 is 0 Å². The number of anilines is 2. The zero-order valence-electron chi connectivity index (χ0n) is 17.9. The van der Waals surface area contributed by atoms with E-state index in [0.717, 1.165) is 57.1 Å². The van der Waals surface area contributed by atoms with Gasteiger partial charge in [-0.15, -0.1) is 0 Å². The van der Waals surface area contributed by atoms with Crippen LogP contribution in [0.4, 0.5) is 11.4 Å². The first-order valence-corrected chi connectivity index (χ1v) is 10.8. The van der Waals surface area contributed by atoms with Gasteiger partial charge in [0, 0.05) is 49.7 Å². The summed E-state index contributed by atoms with van der Waals surface area (Å²) in [5.74, 6) is 0.641. The van der Waals surface area contributed by atoms with E-state index in [1.807, 2.05) is 24.3 Å². The molecule has 0 spiro atoms. The number of rotatable bonds is 6. The molecule has 1 N–H and O–H groups in total. The van der Waals surface area contributed by atoms with Gasteiger partial charge in [0.1, 0.15) is 12.4 Å². The van der Waals surface area contributed by atoms with E-state index in [-0.39, 0.29) is 12.0 Å². The Hall–Kier alpha value is -2.57. The van der Waals surface area contributed by atoms with Crippen molar-refractivity contribution in [2.75, 3.05) is 56.7 Å². The number of nitrogens with zero attached hydrogens (tertiary/aromatic N) is 2. The maximum absolute atomic E-state index is 12.6. The Morgan fingerprint density at radius 2 is 1.90 bits per heavy atom. The normalized spacial score (nSPS) is 19.7. The molecule has 2 saturated heterocycles. The number of carbonyl (C=O) groups is 1. The fourth-order valence-corrected chi connectivity index (χ4v) is 4.01. The maximum atomic E-state index is 12.6. The van der Waals surface area contributed by atoms with E-state index >= 15 is 0 Å². The summed E-state index contributed by atoms with van der Waals surface area (Å²) in [6, 6.07) is 13.4. The fraction of sp³-hybridized carbons (Fsp3) is 0.458. The molecule has 1 unspecified atom stereocenters. The molecule has 2 aliphatic rings. The van der Waals surface area contributed by atoms with Crippen molar-refractivity contribution in [2.24, 2.45) is 0 Å². The molecule has 0 aromatic heterocycles. The summed E-state index contributed by atoms with van der Waals surface area (Å²) in [4.78, 5) is 17.4. The van der Waals surface area contributed by atoms with E-state index in [4.69, 9.17) is 9.47 Å². The molecule has 0 aliphatic carbocycles. The van der Waals surface area contributed by atoms with Crippen LogP contribution in [0.15, 0.2) is 42.5 Å². The first kappa shape index (κ1) is 20.7. The summed E-state index contributed by atoms with van der Waals surface area (Å²) >= 11 is 0. The van der Waals surface area contributed by atoms with E-state index in [9.17, 15) is 4.79 Å². The second-order valence-corrected chi connectivity index (χ2v) is 8.22. The molecular weight excluding hydrogens is 378 g/mol. The van der Waals surface area contributed by atoms with Crippen LogP contribution in [0.2, 0.25) is 0 Å². The van der Waals surface area contributed by atoms with Gasteiger partial charge in [-0.3, -0.25) is 4.79 Å². The largest absolute Gasteiger partial charge is 0.491 e. The molecule has 1 atom stereocenters. The number of nitrogens with one attached hydrogen (secondary N) is 1. The van der Waals surface area contributed by atoms with Gasteiger partial charge in [0.25, 0.3) is 5.91 Å². The number of piperazine rings is 1. The van der Waals surface area contributed by atoms with Crippen LogP contribution in [0.5, 0.6) is 5.75 Å². The summed E-state index contributed by atoms with van der Waals surface area (Å²) in [5.41, 5.74) is 3.85. The molecule has 6 heteroatoms. The Bertz CT molecular complexity index is 854. The van der Waals surface area contributed by atoms with Crippen molar-refractivity contribution in [1.29, 1.82) is 0 Å². The number of aryl methyl sites for hydroxylation is 1. The number of likely N-dealkylation sites (N-methyl/N-ethyl adjacent to an activating group) is 1. The van der Waals surface area contributed by atoms with Crippen LogP contribution in [0.1, 0.15) is 28.8 Å². The van der Waals surface area contributed by atoms with Gasteiger partial charge in [-0.1, -0.05) is 0 Å². The number of hydrogen-bond donors (Lipinski definition) is 1. The first-order chi connectivity index (χ1) is 14.6. The Morgan fingerprint density at radius 3 is 2.57 bits per heavy atom. The Kier molecular flexibility index (Phi) is 6.55. The summed E-state index contributed by atoms with van der Waals surface area (Å²) < 4.78 is 11.3. The lowest BCUT2D eigenvalue weighted by Gasteiger charge is -2.35. The van der Waals surface area contributed by atoms with E-state index in [2.05, 4.69) is 35.2 Å². The van der Waals surface area contributed by atoms with Crippen LogP contribution in [0.3, 0.4) is 0 Å². The van der Waals surface area contributed by atoms with Crippen LogP contribution in [0, 0.1) is 6.92 Å². The molecule has 2 aromatic carbocycles. The predicted octanol–water partition coefficient (Wildman–Crippen LogP) is 3.56. The van der Waals surface area contributed by atoms with Crippen molar-refractivity contribution < 1.29 is 14.3 Å². The highest BCUT2D eigenvalue weighted by molar-refractivity contribution is 6.04. The fourth-order valence-electron chi connectivity index (χ4n) is 4.01. The summed E-state index contributed by atoms with van der Waals surface area (Å²) in [6.07, 6.45) is 2.33. The smallest absolute Gasteiger partial charge is 0.255 e. The van der Waals surface area contributed by atoms with Crippen LogP contribution in [-0.4, -0.2) is 63.4 Å². The van der Waals surface area contributed by atoms with Crippen LogP contribution < -0.4 is 15.0 Å². The van der Waals surface area contributed by atoms with Crippen molar-refractivity contribution in [3.8, 4) is 5.75 Å². The molecule has 6 nitrogen and oxygen atoms in total. The Morgan fingerprint density at radius 1 is 1.13 bits per heavy atom. The minimum Gasteiger partial charge on any atom is -0.491 e. The molecule has 0 saturated carbocycles. The molecule has 2 fully saturated rings. The lowest BCUT2D eigenvalue weighted by atomic mass is 10.1. The van der Waals surface area contributed by atoms with Gasteiger partial charge in [-0.05, 0) is 74.8 Å². The van der Waals surface area contributed by atoms with Gasteiger partial charge in [0.15, 0.2) is 0 Å². The SMILES string of the molecule is Cc1cc(NC(=O)c2ccc(OCC3CCCO3)cc2)ccc1N1CCN(C)CC1. The van der Waals surface area contributed by atoms with E-state index in [0.29, 0.717) is 12.2 Å². The lowest BCUT2D eigenvalue weighted by molar-refractivity contribution is 0.0679. The first-order valence-electron chi connectivity index (χ1n) is 10.8. The van der Waals surface area contributed by atoms with Gasteiger partial charge in [0.2, 0.25) is 0 Å². The number of ether oxygens (including phenoxy) is 2. The average molecular weight is 410 g/mol. The third-order valence-electron chi connectivity index (χ3n) is 5.88. The number of amides is 1. The van der Waals surface area contributed by atoms with E-state index in [1.54, 1.807) is 12.1 Å². The van der Waals surface area contributed by atoms with Crippen molar-refractivity contribution >= 4 is 17.3 Å². The maximum Gasteiger partial charge on any atom is 0.255 e. The van der Waals surface area contributed by atoms with Gasteiger partial charge < -0.3 is 24.6 Å². The van der Waals surface area contributed by atoms with Crippen LogP contribution in [0.25, 0.3) is 0 Å². The standard InChI is InChI=1S/C24H31N3O3/c1-18-16-20(7-10-23(18)27-13-11-26(2)12-14-27)25-24(28)19-5-8-21(9-6-19)30-17-22-4-3-15-29-22/h5-10,16,22H,3-4,11-15,17H2,1-2H3,(H,25,28). The quantitative estimate of drug-likeness (QED) is 0.791. The van der Waals surface area contributed by atoms with Crippen LogP contribution >= 0.6 is 0 Å². The third-order valence-corrected chi connectivity index (χ3v) is 5.88. The summed E-state index contributed by atoms with van der Waals surface area (Å²) in [7, 11) is 2.16. The van der Waals surface area contributed by atoms with Crippen LogP contribution in [-0.2, 0) is 4.74 Å².